The first-order valence-corrected chi connectivity index (χ1v) is 6.47. The molecule has 7 heteroatoms. The highest BCUT2D eigenvalue weighted by Crippen LogP contribution is 2.23. The number of aliphatic carboxylic acids is 1. The van der Waals surface area contributed by atoms with Crippen LogP contribution in [0.1, 0.15) is 16.8 Å². The first kappa shape index (κ1) is 15.2. The van der Waals surface area contributed by atoms with E-state index >= 15 is 0 Å². The van der Waals surface area contributed by atoms with Gasteiger partial charge in [-0.15, -0.1) is 0 Å². The Morgan fingerprint density at radius 3 is 2.95 bits per heavy atom. The average molecular weight is 297 g/mol. The standard InChI is InChI=1S/C14H16FNO5/c1-20-12-3-2-9(15)6-11(12)14(19)16-4-5-21-8-10(16)7-13(17)18/h2-3,6,10H,4-5,7-8H2,1H3,(H,17,18). The number of morpholine rings is 1. The number of hydrogen-bond acceptors (Lipinski definition) is 4. The quantitative estimate of drug-likeness (QED) is 0.902. The molecule has 2 rings (SSSR count). The zero-order valence-corrected chi connectivity index (χ0v) is 11.5. The van der Waals surface area contributed by atoms with Crippen LogP contribution in [-0.4, -0.2) is 54.8 Å². The van der Waals surface area contributed by atoms with Gasteiger partial charge in [0.05, 0.1) is 38.3 Å². The first-order chi connectivity index (χ1) is 10.0. The molecular formula is C14H16FNO5. The Bertz CT molecular complexity index is 548. The van der Waals surface area contributed by atoms with Gasteiger partial charge in [-0.2, -0.15) is 0 Å². The van der Waals surface area contributed by atoms with Crippen molar-refractivity contribution in [2.75, 3.05) is 26.9 Å². The van der Waals surface area contributed by atoms with Gasteiger partial charge in [-0.1, -0.05) is 0 Å². The summed E-state index contributed by atoms with van der Waals surface area (Å²) in [5, 5.41) is 8.90. The fourth-order valence-electron chi connectivity index (χ4n) is 2.29. The van der Waals surface area contributed by atoms with Crippen LogP contribution in [0.4, 0.5) is 4.39 Å². The van der Waals surface area contributed by atoms with E-state index in [-0.39, 0.29) is 30.9 Å². The summed E-state index contributed by atoms with van der Waals surface area (Å²) in [7, 11) is 1.39. The lowest BCUT2D eigenvalue weighted by Crippen LogP contribution is -2.49. The highest BCUT2D eigenvalue weighted by atomic mass is 19.1. The minimum atomic E-state index is -1.02. The Labute approximate surface area is 121 Å². The topological polar surface area (TPSA) is 76.1 Å². The summed E-state index contributed by atoms with van der Waals surface area (Å²) < 4.78 is 23.7. The van der Waals surface area contributed by atoms with Crippen molar-refractivity contribution >= 4 is 11.9 Å². The molecule has 0 aromatic heterocycles. The zero-order chi connectivity index (χ0) is 15.4. The van der Waals surface area contributed by atoms with Gasteiger partial charge in [-0.25, -0.2) is 4.39 Å². The molecule has 21 heavy (non-hydrogen) atoms. The zero-order valence-electron chi connectivity index (χ0n) is 11.5. The fourth-order valence-corrected chi connectivity index (χ4v) is 2.29. The third kappa shape index (κ3) is 3.49. The van der Waals surface area contributed by atoms with Crippen molar-refractivity contribution in [2.45, 2.75) is 12.5 Å². The lowest BCUT2D eigenvalue weighted by atomic mass is 10.1. The van der Waals surface area contributed by atoms with E-state index in [1.807, 2.05) is 0 Å². The van der Waals surface area contributed by atoms with Gasteiger partial charge in [0.2, 0.25) is 0 Å². The Morgan fingerprint density at radius 1 is 1.52 bits per heavy atom. The van der Waals surface area contributed by atoms with E-state index < -0.39 is 23.7 Å². The van der Waals surface area contributed by atoms with Crippen LogP contribution in [0.5, 0.6) is 5.75 Å². The maximum absolute atomic E-state index is 13.4. The molecule has 1 unspecified atom stereocenters. The molecule has 1 atom stereocenters. The van der Waals surface area contributed by atoms with Gasteiger partial charge in [-0.3, -0.25) is 9.59 Å². The number of carboxylic acid groups (broad SMARTS) is 1. The van der Waals surface area contributed by atoms with E-state index in [1.54, 1.807) is 0 Å². The molecular weight excluding hydrogens is 281 g/mol. The normalized spacial score (nSPS) is 18.4. The van der Waals surface area contributed by atoms with E-state index in [0.717, 1.165) is 6.07 Å². The first-order valence-electron chi connectivity index (χ1n) is 6.47. The molecule has 114 valence electrons. The number of ether oxygens (including phenoxy) is 2. The number of carbonyl (C=O) groups is 2. The molecule has 1 aromatic carbocycles. The number of methoxy groups -OCH3 is 1. The average Bonchev–Trinajstić information content (AvgIpc) is 2.46. The molecule has 0 aliphatic carbocycles. The Balaban J connectivity index is 2.28. The van der Waals surface area contributed by atoms with Gasteiger partial charge in [0.1, 0.15) is 11.6 Å². The lowest BCUT2D eigenvalue weighted by Gasteiger charge is -2.35. The molecule has 0 bridgehead atoms. The number of carbonyl (C=O) groups excluding carboxylic acids is 1. The number of carboxylic acids is 1. The summed E-state index contributed by atoms with van der Waals surface area (Å²) in [5.41, 5.74) is 0.0785. The second kappa shape index (κ2) is 6.53. The van der Waals surface area contributed by atoms with E-state index in [1.165, 1.54) is 24.1 Å². The number of amides is 1. The summed E-state index contributed by atoms with van der Waals surface area (Å²) in [6.07, 6.45) is -0.219. The van der Waals surface area contributed by atoms with Crippen molar-refractivity contribution in [1.82, 2.24) is 4.90 Å². The molecule has 1 aliphatic rings. The number of halogens is 1. The summed E-state index contributed by atoms with van der Waals surface area (Å²) in [6.45, 7) is 0.728. The highest BCUT2D eigenvalue weighted by molar-refractivity contribution is 5.97. The smallest absolute Gasteiger partial charge is 0.305 e. The molecule has 1 N–H and O–H groups in total. The van der Waals surface area contributed by atoms with Crippen LogP contribution < -0.4 is 4.74 Å². The van der Waals surface area contributed by atoms with Gasteiger partial charge in [-0.05, 0) is 18.2 Å². The lowest BCUT2D eigenvalue weighted by molar-refractivity contribution is -0.139. The molecule has 1 amide bonds. The maximum Gasteiger partial charge on any atom is 0.305 e. The van der Waals surface area contributed by atoms with Crippen LogP contribution in [0, 0.1) is 5.82 Å². The number of nitrogens with zero attached hydrogens (tertiary/aromatic N) is 1. The van der Waals surface area contributed by atoms with Crippen molar-refractivity contribution in [3.05, 3.63) is 29.6 Å². The van der Waals surface area contributed by atoms with Crippen molar-refractivity contribution < 1.29 is 28.6 Å². The van der Waals surface area contributed by atoms with Crippen molar-refractivity contribution in [3.8, 4) is 5.75 Å². The predicted molar refractivity (Wildman–Crippen MR) is 70.8 cm³/mol. The van der Waals surface area contributed by atoms with Gasteiger partial charge in [0.15, 0.2) is 0 Å². The van der Waals surface area contributed by atoms with Crippen molar-refractivity contribution in [2.24, 2.45) is 0 Å². The largest absolute Gasteiger partial charge is 0.496 e. The Morgan fingerprint density at radius 2 is 2.29 bits per heavy atom. The third-order valence-corrected chi connectivity index (χ3v) is 3.29. The van der Waals surface area contributed by atoms with Gasteiger partial charge < -0.3 is 19.5 Å². The summed E-state index contributed by atoms with van der Waals surface area (Å²) in [5.74, 6) is -1.78. The third-order valence-electron chi connectivity index (χ3n) is 3.29. The van der Waals surface area contributed by atoms with E-state index in [4.69, 9.17) is 14.6 Å². The molecule has 1 heterocycles. The summed E-state index contributed by atoms with van der Waals surface area (Å²) in [4.78, 5) is 24.8. The molecule has 1 aliphatic heterocycles. The molecule has 0 radical (unpaired) electrons. The number of benzene rings is 1. The molecule has 0 spiro atoms. The van der Waals surface area contributed by atoms with Gasteiger partial charge in [0.25, 0.3) is 5.91 Å². The molecule has 1 fully saturated rings. The van der Waals surface area contributed by atoms with Crippen LogP contribution in [-0.2, 0) is 9.53 Å². The fraction of sp³-hybridized carbons (Fsp3) is 0.429. The maximum atomic E-state index is 13.4. The van der Waals surface area contributed by atoms with Crippen molar-refractivity contribution in [3.63, 3.8) is 0 Å². The minimum Gasteiger partial charge on any atom is -0.496 e. The molecule has 1 saturated heterocycles. The monoisotopic (exact) mass is 297 g/mol. The molecule has 6 nitrogen and oxygen atoms in total. The predicted octanol–water partition coefficient (Wildman–Crippen LogP) is 1.15. The van der Waals surface area contributed by atoms with Gasteiger partial charge in [0, 0.05) is 6.54 Å². The summed E-state index contributed by atoms with van der Waals surface area (Å²) in [6, 6.07) is 3.09. The van der Waals surface area contributed by atoms with Crippen LogP contribution in [0.2, 0.25) is 0 Å². The highest BCUT2D eigenvalue weighted by Gasteiger charge is 2.31. The second-order valence-electron chi connectivity index (χ2n) is 4.67. The molecule has 1 aromatic rings. The SMILES string of the molecule is COc1ccc(F)cc1C(=O)N1CCOCC1CC(=O)O. The number of hydrogen-bond donors (Lipinski definition) is 1. The van der Waals surface area contributed by atoms with Crippen LogP contribution in [0.25, 0.3) is 0 Å². The van der Waals surface area contributed by atoms with E-state index in [0.29, 0.717) is 6.61 Å². The van der Waals surface area contributed by atoms with E-state index in [2.05, 4.69) is 0 Å². The van der Waals surface area contributed by atoms with Crippen LogP contribution >= 0.6 is 0 Å². The Kier molecular flexibility index (Phi) is 4.74. The Hall–Kier alpha value is -2.15. The van der Waals surface area contributed by atoms with Gasteiger partial charge >= 0.3 is 5.97 Å². The van der Waals surface area contributed by atoms with Crippen LogP contribution in [0.15, 0.2) is 18.2 Å². The summed E-state index contributed by atoms with van der Waals surface area (Å²) >= 11 is 0. The number of rotatable bonds is 4. The van der Waals surface area contributed by atoms with E-state index in [9.17, 15) is 14.0 Å². The minimum absolute atomic E-state index is 0.0785. The molecule has 0 saturated carbocycles. The van der Waals surface area contributed by atoms with Crippen molar-refractivity contribution in [1.29, 1.82) is 0 Å². The van der Waals surface area contributed by atoms with Crippen LogP contribution in [0.3, 0.4) is 0 Å². The second-order valence-corrected chi connectivity index (χ2v) is 4.67.